The Morgan fingerprint density at radius 3 is 2.46 bits per heavy atom. The highest BCUT2D eigenvalue weighted by atomic mass is 16.5. The molecule has 1 saturated heterocycles. The van der Waals surface area contributed by atoms with Crippen LogP contribution < -0.4 is 9.64 Å². The third-order valence-corrected chi connectivity index (χ3v) is 5.10. The van der Waals surface area contributed by atoms with E-state index in [1.54, 1.807) is 7.11 Å². The fraction of sp³-hybridized carbons (Fsp3) is 0.286. The van der Waals surface area contributed by atoms with Crippen LogP contribution in [0.2, 0.25) is 0 Å². The minimum Gasteiger partial charge on any atom is -0.497 e. The highest BCUT2D eigenvalue weighted by molar-refractivity contribution is 6.08. The molecule has 0 unspecified atom stereocenters. The largest absolute Gasteiger partial charge is 0.497 e. The maximum absolute atomic E-state index is 13.2. The molecule has 0 atom stereocenters. The molecule has 134 valence electrons. The Morgan fingerprint density at radius 1 is 1.04 bits per heavy atom. The summed E-state index contributed by atoms with van der Waals surface area (Å²) in [4.78, 5) is 20.8. The van der Waals surface area contributed by atoms with E-state index in [9.17, 15) is 4.79 Å². The van der Waals surface area contributed by atoms with E-state index in [1.165, 1.54) is 5.69 Å². The van der Waals surface area contributed by atoms with Crippen molar-refractivity contribution >= 4 is 22.5 Å². The molecule has 5 nitrogen and oxygen atoms in total. The number of methoxy groups -OCH3 is 1. The average Bonchev–Trinajstić information content (AvgIpc) is 3.03. The van der Waals surface area contributed by atoms with Gasteiger partial charge in [-0.2, -0.15) is 0 Å². The summed E-state index contributed by atoms with van der Waals surface area (Å²) >= 11 is 0. The first kappa shape index (κ1) is 16.5. The minimum atomic E-state index is 0.0923. The van der Waals surface area contributed by atoms with Crippen LogP contribution in [0.1, 0.15) is 16.1 Å². The molecule has 4 rings (SSSR count). The molecular weight excluding hydrogens is 326 g/mol. The zero-order valence-electron chi connectivity index (χ0n) is 15.2. The van der Waals surface area contributed by atoms with Crippen LogP contribution in [0, 0.1) is 6.92 Å². The van der Waals surface area contributed by atoms with Gasteiger partial charge in [0.05, 0.1) is 12.7 Å². The minimum absolute atomic E-state index is 0.0923. The molecule has 5 heteroatoms. The van der Waals surface area contributed by atoms with Gasteiger partial charge in [0.15, 0.2) is 0 Å². The van der Waals surface area contributed by atoms with Gasteiger partial charge in [0, 0.05) is 48.5 Å². The molecule has 1 aliphatic heterocycles. The van der Waals surface area contributed by atoms with Gasteiger partial charge < -0.3 is 19.5 Å². The average molecular weight is 349 g/mol. The molecular formula is C21H23N3O2. The monoisotopic (exact) mass is 349 g/mol. The summed E-state index contributed by atoms with van der Waals surface area (Å²) in [6.07, 6.45) is 0. The van der Waals surface area contributed by atoms with E-state index in [0.717, 1.165) is 54.1 Å². The summed E-state index contributed by atoms with van der Waals surface area (Å²) in [5.74, 6) is 0.856. The van der Waals surface area contributed by atoms with Gasteiger partial charge in [0.1, 0.15) is 5.75 Å². The van der Waals surface area contributed by atoms with Gasteiger partial charge in [-0.3, -0.25) is 4.79 Å². The molecule has 1 amide bonds. The molecule has 1 N–H and O–H groups in total. The van der Waals surface area contributed by atoms with E-state index in [0.29, 0.717) is 0 Å². The van der Waals surface area contributed by atoms with E-state index < -0.39 is 0 Å². The van der Waals surface area contributed by atoms with Crippen molar-refractivity contribution in [1.82, 2.24) is 9.88 Å². The van der Waals surface area contributed by atoms with Crippen LogP contribution in [0.15, 0.2) is 48.5 Å². The van der Waals surface area contributed by atoms with Crippen LogP contribution in [-0.4, -0.2) is 49.1 Å². The van der Waals surface area contributed by atoms with Gasteiger partial charge in [-0.1, -0.05) is 18.2 Å². The quantitative estimate of drug-likeness (QED) is 0.788. The normalized spacial score (nSPS) is 14.7. The third-order valence-electron chi connectivity index (χ3n) is 5.10. The van der Waals surface area contributed by atoms with Gasteiger partial charge in [0.2, 0.25) is 0 Å². The van der Waals surface area contributed by atoms with Crippen molar-refractivity contribution in [3.8, 4) is 5.75 Å². The second-order valence-electron chi connectivity index (χ2n) is 6.65. The van der Waals surface area contributed by atoms with Gasteiger partial charge in [0.25, 0.3) is 5.91 Å². The molecule has 1 aliphatic rings. The summed E-state index contributed by atoms with van der Waals surface area (Å²) < 4.78 is 5.33. The number of hydrogen-bond acceptors (Lipinski definition) is 3. The molecule has 0 bridgehead atoms. The Hall–Kier alpha value is -2.95. The third kappa shape index (κ3) is 2.90. The second-order valence-corrected chi connectivity index (χ2v) is 6.65. The maximum atomic E-state index is 13.2. The number of anilines is 1. The molecule has 26 heavy (non-hydrogen) atoms. The topological polar surface area (TPSA) is 48.6 Å². The Balaban J connectivity index is 1.55. The van der Waals surface area contributed by atoms with Crippen molar-refractivity contribution in [3.05, 3.63) is 59.8 Å². The number of nitrogens with one attached hydrogen (secondary N) is 1. The number of carbonyl (C=O) groups excluding carboxylic acids is 1. The summed E-state index contributed by atoms with van der Waals surface area (Å²) in [6, 6.07) is 16.2. The number of piperazine rings is 1. The first-order chi connectivity index (χ1) is 12.7. The lowest BCUT2D eigenvalue weighted by molar-refractivity contribution is 0.0748. The smallest absolute Gasteiger partial charge is 0.256 e. The van der Waals surface area contributed by atoms with Crippen molar-refractivity contribution in [3.63, 3.8) is 0 Å². The Bertz CT molecular complexity index is 925. The zero-order valence-corrected chi connectivity index (χ0v) is 15.2. The number of amides is 1. The number of aromatic nitrogens is 1. The van der Waals surface area contributed by atoms with Crippen molar-refractivity contribution in [2.45, 2.75) is 6.92 Å². The number of aromatic amines is 1. The van der Waals surface area contributed by atoms with Gasteiger partial charge >= 0.3 is 0 Å². The van der Waals surface area contributed by atoms with Crippen molar-refractivity contribution in [2.24, 2.45) is 0 Å². The Kier molecular flexibility index (Phi) is 4.29. The fourth-order valence-electron chi connectivity index (χ4n) is 3.67. The van der Waals surface area contributed by atoms with Crippen molar-refractivity contribution < 1.29 is 9.53 Å². The lowest BCUT2D eigenvalue weighted by Gasteiger charge is -2.36. The number of H-pyrrole nitrogens is 1. The molecule has 0 spiro atoms. The first-order valence-electron chi connectivity index (χ1n) is 8.93. The van der Waals surface area contributed by atoms with Crippen LogP contribution >= 0.6 is 0 Å². The SMILES string of the molecule is COc1ccc2[nH]c(C)c(C(=O)N3CCN(c4ccccc4)CC3)c2c1. The lowest BCUT2D eigenvalue weighted by atomic mass is 10.1. The van der Waals surface area contributed by atoms with Crippen LogP contribution in [0.25, 0.3) is 10.9 Å². The number of hydrogen-bond donors (Lipinski definition) is 1. The number of carbonyl (C=O) groups is 1. The molecule has 0 radical (unpaired) electrons. The molecule has 0 aliphatic carbocycles. The van der Waals surface area contributed by atoms with Crippen LogP contribution in [-0.2, 0) is 0 Å². The lowest BCUT2D eigenvalue weighted by Crippen LogP contribution is -2.48. The number of fused-ring (bicyclic) bond motifs is 1. The van der Waals surface area contributed by atoms with Gasteiger partial charge in [-0.15, -0.1) is 0 Å². The predicted molar refractivity (Wildman–Crippen MR) is 104 cm³/mol. The van der Waals surface area contributed by atoms with Crippen LogP contribution in [0.5, 0.6) is 5.75 Å². The molecule has 0 saturated carbocycles. The summed E-state index contributed by atoms with van der Waals surface area (Å²) in [7, 11) is 1.64. The number of rotatable bonds is 3. The summed E-state index contributed by atoms with van der Waals surface area (Å²) in [5, 5.41) is 0.928. The standard InChI is InChI=1S/C21H23N3O2/c1-15-20(18-14-17(26-2)8-9-19(18)22-15)21(25)24-12-10-23(11-13-24)16-6-4-3-5-7-16/h3-9,14,22H,10-13H2,1-2H3. The molecule has 1 fully saturated rings. The van der Waals surface area contributed by atoms with Crippen LogP contribution in [0.3, 0.4) is 0 Å². The van der Waals surface area contributed by atoms with Gasteiger partial charge in [-0.25, -0.2) is 0 Å². The first-order valence-corrected chi connectivity index (χ1v) is 8.93. The number of nitrogens with zero attached hydrogens (tertiary/aromatic N) is 2. The highest BCUT2D eigenvalue weighted by Gasteiger charge is 2.26. The molecule has 1 aromatic heterocycles. The zero-order chi connectivity index (χ0) is 18.1. The van der Waals surface area contributed by atoms with Crippen LogP contribution in [0.4, 0.5) is 5.69 Å². The van der Waals surface area contributed by atoms with Crippen molar-refractivity contribution in [2.75, 3.05) is 38.2 Å². The Morgan fingerprint density at radius 2 is 1.77 bits per heavy atom. The van der Waals surface area contributed by atoms with E-state index in [1.807, 2.05) is 36.1 Å². The Labute approximate surface area is 153 Å². The fourth-order valence-corrected chi connectivity index (χ4v) is 3.67. The number of ether oxygens (including phenoxy) is 1. The van der Waals surface area contributed by atoms with Gasteiger partial charge in [-0.05, 0) is 37.3 Å². The summed E-state index contributed by atoms with van der Waals surface area (Å²) in [6.45, 7) is 5.11. The maximum Gasteiger partial charge on any atom is 0.256 e. The summed E-state index contributed by atoms with van der Waals surface area (Å²) in [5.41, 5.74) is 3.85. The number of benzene rings is 2. The number of aryl methyl sites for hydroxylation is 1. The van der Waals surface area contributed by atoms with Crippen molar-refractivity contribution in [1.29, 1.82) is 0 Å². The van der Waals surface area contributed by atoms with E-state index in [4.69, 9.17) is 4.74 Å². The molecule has 2 heterocycles. The number of para-hydroxylation sites is 1. The molecule has 2 aromatic carbocycles. The van der Waals surface area contributed by atoms with E-state index in [-0.39, 0.29) is 5.91 Å². The predicted octanol–water partition coefficient (Wildman–Crippen LogP) is 3.45. The molecule has 3 aromatic rings. The van der Waals surface area contributed by atoms with E-state index in [2.05, 4.69) is 34.1 Å². The highest BCUT2D eigenvalue weighted by Crippen LogP contribution is 2.28. The second kappa shape index (κ2) is 6.75. The van der Waals surface area contributed by atoms with E-state index >= 15 is 0 Å².